The van der Waals surface area contributed by atoms with Crippen LogP contribution in [0.5, 0.6) is 5.75 Å². The smallest absolute Gasteiger partial charge is 0.177 e. The molecule has 1 heterocycles. The molecule has 3 heteroatoms. The molecule has 1 aromatic heterocycles. The fourth-order valence-electron chi connectivity index (χ4n) is 1.66. The van der Waals surface area contributed by atoms with Gasteiger partial charge in [0.05, 0.1) is 0 Å². The van der Waals surface area contributed by atoms with Gasteiger partial charge in [0.25, 0.3) is 0 Å². The Balaban J connectivity index is 1.82. The molecule has 3 nitrogen and oxygen atoms in total. The number of aliphatic hydroxyl groups excluding tert-OH is 1. The number of ether oxygens (including phenoxy) is 1. The first-order valence-electron chi connectivity index (χ1n) is 6.05. The molecule has 1 N–H and O–H groups in total. The number of aromatic nitrogens is 1. The number of aryl methyl sites for hydroxylation is 1. The normalized spacial score (nSPS) is 12.1. The first kappa shape index (κ1) is 12.6. The zero-order valence-corrected chi connectivity index (χ0v) is 10.5. The summed E-state index contributed by atoms with van der Waals surface area (Å²) in [6.45, 7) is 2.87. The predicted molar refractivity (Wildman–Crippen MR) is 69.3 cm³/mol. The monoisotopic (exact) mass is 244 g/mol. The second kappa shape index (κ2) is 6.17. The van der Waals surface area contributed by atoms with Crippen LogP contribution in [0.3, 0.4) is 0 Å². The number of nitrogens with zero attached hydrogens (tertiary/aromatic N) is 1. The van der Waals surface area contributed by atoms with Crippen LogP contribution in [0.2, 0.25) is 0 Å². The number of aliphatic hydroxyl groups is 1. The van der Waals surface area contributed by atoms with E-state index in [4.69, 9.17) is 4.74 Å². The van der Waals surface area contributed by atoms with Gasteiger partial charge < -0.3 is 9.84 Å². The van der Waals surface area contributed by atoms with Crippen LogP contribution in [-0.2, 0) is 6.54 Å². The molecule has 2 rings (SSSR count). The van der Waals surface area contributed by atoms with E-state index < -0.39 is 6.10 Å². The third kappa shape index (κ3) is 3.86. The summed E-state index contributed by atoms with van der Waals surface area (Å²) in [5.74, 6) is 0.783. The largest absolute Gasteiger partial charge is 0.491 e. The minimum atomic E-state index is -0.516. The van der Waals surface area contributed by atoms with Gasteiger partial charge in [-0.15, -0.1) is 0 Å². The fourth-order valence-corrected chi connectivity index (χ4v) is 1.66. The summed E-state index contributed by atoms with van der Waals surface area (Å²) in [6.07, 6.45) is 3.40. The number of hydrogen-bond donors (Lipinski definition) is 1. The molecule has 18 heavy (non-hydrogen) atoms. The van der Waals surface area contributed by atoms with Gasteiger partial charge >= 0.3 is 0 Å². The van der Waals surface area contributed by atoms with E-state index in [0.29, 0.717) is 13.2 Å². The quantitative estimate of drug-likeness (QED) is 0.812. The molecule has 0 fully saturated rings. The van der Waals surface area contributed by atoms with Crippen LogP contribution < -0.4 is 9.30 Å². The minimum absolute atomic E-state index is 0.297. The fraction of sp³-hybridized carbons (Fsp3) is 0.267. The lowest BCUT2D eigenvalue weighted by molar-refractivity contribution is -0.703. The second-order valence-corrected chi connectivity index (χ2v) is 4.35. The molecule has 0 saturated carbocycles. The molecular weight excluding hydrogens is 226 g/mol. The van der Waals surface area contributed by atoms with E-state index >= 15 is 0 Å². The van der Waals surface area contributed by atoms with Gasteiger partial charge in [-0.05, 0) is 24.6 Å². The van der Waals surface area contributed by atoms with Crippen molar-refractivity contribution in [1.82, 2.24) is 0 Å². The van der Waals surface area contributed by atoms with Crippen molar-refractivity contribution in [2.45, 2.75) is 19.6 Å². The van der Waals surface area contributed by atoms with Crippen molar-refractivity contribution >= 4 is 0 Å². The van der Waals surface area contributed by atoms with Crippen LogP contribution in [0.4, 0.5) is 0 Å². The highest BCUT2D eigenvalue weighted by Crippen LogP contribution is 2.08. The molecule has 0 aliphatic heterocycles. The Morgan fingerprint density at radius 1 is 1.11 bits per heavy atom. The lowest BCUT2D eigenvalue weighted by Crippen LogP contribution is -2.41. The Labute approximate surface area is 107 Å². The van der Waals surface area contributed by atoms with E-state index in [1.807, 2.05) is 66.3 Å². The highest BCUT2D eigenvalue weighted by atomic mass is 16.5. The van der Waals surface area contributed by atoms with E-state index in [-0.39, 0.29) is 0 Å². The third-order valence-electron chi connectivity index (χ3n) is 2.66. The summed E-state index contributed by atoms with van der Waals surface area (Å²) in [5, 5.41) is 9.89. The topological polar surface area (TPSA) is 33.3 Å². The zero-order valence-electron chi connectivity index (χ0n) is 10.5. The van der Waals surface area contributed by atoms with Crippen LogP contribution in [0.25, 0.3) is 0 Å². The number of pyridine rings is 1. The van der Waals surface area contributed by atoms with E-state index in [1.165, 1.54) is 5.56 Å². The van der Waals surface area contributed by atoms with Gasteiger partial charge in [0.15, 0.2) is 18.9 Å². The van der Waals surface area contributed by atoms with Gasteiger partial charge in [-0.1, -0.05) is 18.2 Å². The maximum Gasteiger partial charge on any atom is 0.177 e. The van der Waals surface area contributed by atoms with Crippen LogP contribution in [0.15, 0.2) is 54.9 Å². The van der Waals surface area contributed by atoms with Crippen molar-refractivity contribution in [2.24, 2.45) is 0 Å². The van der Waals surface area contributed by atoms with Gasteiger partial charge in [0.2, 0.25) is 0 Å². The third-order valence-corrected chi connectivity index (χ3v) is 2.66. The molecule has 2 aromatic rings. The van der Waals surface area contributed by atoms with Crippen molar-refractivity contribution in [3.63, 3.8) is 0 Å². The van der Waals surface area contributed by atoms with Crippen LogP contribution in [0, 0.1) is 6.92 Å². The van der Waals surface area contributed by atoms with Crippen molar-refractivity contribution in [1.29, 1.82) is 0 Å². The number of benzene rings is 1. The molecule has 94 valence electrons. The molecule has 0 aliphatic carbocycles. The van der Waals surface area contributed by atoms with E-state index in [0.717, 1.165) is 5.75 Å². The summed E-state index contributed by atoms with van der Waals surface area (Å²) < 4.78 is 7.45. The summed E-state index contributed by atoms with van der Waals surface area (Å²) in [7, 11) is 0. The molecule has 0 aliphatic rings. The second-order valence-electron chi connectivity index (χ2n) is 4.35. The Hall–Kier alpha value is -1.87. The molecular formula is C15H18NO2+. The summed E-state index contributed by atoms with van der Waals surface area (Å²) in [6, 6.07) is 13.6. The summed E-state index contributed by atoms with van der Waals surface area (Å²) >= 11 is 0. The Morgan fingerprint density at radius 2 is 1.78 bits per heavy atom. The first-order chi connectivity index (χ1) is 8.74. The maximum atomic E-state index is 9.89. The van der Waals surface area contributed by atoms with E-state index in [9.17, 15) is 5.11 Å². The number of rotatable bonds is 5. The SMILES string of the molecule is Cc1cc[n+](C[C@@H](O)COc2ccccc2)cc1. The number of hydrogen-bond acceptors (Lipinski definition) is 2. The zero-order chi connectivity index (χ0) is 12.8. The molecule has 0 amide bonds. The van der Waals surface area contributed by atoms with Crippen molar-refractivity contribution in [3.8, 4) is 5.75 Å². The van der Waals surface area contributed by atoms with Gasteiger partial charge in [-0.3, -0.25) is 0 Å². The maximum absolute atomic E-state index is 9.89. The number of para-hydroxylation sites is 1. The molecule has 0 spiro atoms. The van der Waals surface area contributed by atoms with E-state index in [2.05, 4.69) is 0 Å². The predicted octanol–water partition coefficient (Wildman–Crippen LogP) is 1.72. The van der Waals surface area contributed by atoms with Crippen LogP contribution >= 0.6 is 0 Å². The molecule has 1 aromatic carbocycles. The lowest BCUT2D eigenvalue weighted by Gasteiger charge is -2.09. The minimum Gasteiger partial charge on any atom is -0.491 e. The Bertz CT molecular complexity index is 468. The molecule has 0 saturated heterocycles. The van der Waals surface area contributed by atoms with Crippen molar-refractivity contribution in [3.05, 3.63) is 60.4 Å². The van der Waals surface area contributed by atoms with Crippen LogP contribution in [0.1, 0.15) is 5.56 Å². The molecule has 0 unspecified atom stereocenters. The highest BCUT2D eigenvalue weighted by Gasteiger charge is 2.11. The van der Waals surface area contributed by atoms with Crippen molar-refractivity contribution < 1.29 is 14.4 Å². The standard InChI is InChI=1S/C15H18NO2/c1-13-7-9-16(10-8-13)11-14(17)12-18-15-5-3-2-4-6-15/h2-10,14,17H,11-12H2,1H3/q+1/t14-/m1/s1. The van der Waals surface area contributed by atoms with Gasteiger partial charge in [0.1, 0.15) is 18.5 Å². The molecule has 1 atom stereocenters. The Kier molecular flexibility index (Phi) is 4.31. The molecule has 0 bridgehead atoms. The average Bonchev–Trinajstić information content (AvgIpc) is 2.40. The Morgan fingerprint density at radius 3 is 2.44 bits per heavy atom. The average molecular weight is 244 g/mol. The van der Waals surface area contributed by atoms with Gasteiger partial charge in [0, 0.05) is 12.1 Å². The first-order valence-corrected chi connectivity index (χ1v) is 6.05. The highest BCUT2D eigenvalue weighted by molar-refractivity contribution is 5.20. The lowest BCUT2D eigenvalue weighted by atomic mass is 10.3. The van der Waals surface area contributed by atoms with Crippen LogP contribution in [-0.4, -0.2) is 17.8 Å². The van der Waals surface area contributed by atoms with Gasteiger partial charge in [-0.25, -0.2) is 4.57 Å². The van der Waals surface area contributed by atoms with Crippen molar-refractivity contribution in [2.75, 3.05) is 6.61 Å². The van der Waals surface area contributed by atoms with E-state index in [1.54, 1.807) is 0 Å². The summed E-state index contributed by atoms with van der Waals surface area (Å²) in [5.41, 5.74) is 1.21. The summed E-state index contributed by atoms with van der Waals surface area (Å²) in [4.78, 5) is 0. The molecule has 0 radical (unpaired) electrons. The van der Waals surface area contributed by atoms with Gasteiger partial charge in [-0.2, -0.15) is 0 Å².